The summed E-state index contributed by atoms with van der Waals surface area (Å²) in [5.41, 5.74) is 3.41. The van der Waals surface area contributed by atoms with Gasteiger partial charge >= 0.3 is 0 Å². The van der Waals surface area contributed by atoms with E-state index in [-0.39, 0.29) is 6.04 Å². The highest BCUT2D eigenvalue weighted by Gasteiger charge is 2.24. The Kier molecular flexibility index (Phi) is 3.11. The molecule has 0 saturated carbocycles. The summed E-state index contributed by atoms with van der Waals surface area (Å²) in [5.74, 6) is 0.150. The molecule has 4 heterocycles. The molecule has 7 heteroatoms. The van der Waals surface area contributed by atoms with Crippen LogP contribution in [-0.2, 0) is 0 Å². The van der Waals surface area contributed by atoms with Crippen molar-refractivity contribution in [3.8, 4) is 0 Å². The van der Waals surface area contributed by atoms with Gasteiger partial charge in [-0.2, -0.15) is 19.2 Å². The molecule has 1 aliphatic rings. The Balaban J connectivity index is 1.84. The number of fused-ring (bicyclic) bond motifs is 1. The number of nitrogens with one attached hydrogen (secondary N) is 1. The molecule has 1 aliphatic heterocycles. The SMILES string of the molecule is Cc1nc(F)ccc1C1C=C(c2ccncc2)n2ncnc2N1. The zero-order chi connectivity index (χ0) is 15.8. The van der Waals surface area contributed by atoms with Crippen LogP contribution >= 0.6 is 0 Å². The number of aryl methyl sites for hydroxylation is 1. The van der Waals surface area contributed by atoms with Crippen LogP contribution in [0.15, 0.2) is 49.1 Å². The van der Waals surface area contributed by atoms with Crippen molar-refractivity contribution in [1.29, 1.82) is 0 Å². The lowest BCUT2D eigenvalue weighted by molar-refractivity contribution is 0.577. The summed E-state index contributed by atoms with van der Waals surface area (Å²) in [5, 5.41) is 7.55. The van der Waals surface area contributed by atoms with E-state index in [1.54, 1.807) is 30.1 Å². The summed E-state index contributed by atoms with van der Waals surface area (Å²) in [6, 6.07) is 6.76. The number of nitrogens with zero attached hydrogens (tertiary/aromatic N) is 5. The molecular formula is C16H13FN6. The number of hydrogen-bond donors (Lipinski definition) is 1. The fourth-order valence-electron chi connectivity index (χ4n) is 2.70. The average Bonchev–Trinajstić information content (AvgIpc) is 3.03. The van der Waals surface area contributed by atoms with Crippen molar-refractivity contribution in [2.45, 2.75) is 13.0 Å². The molecule has 0 amide bonds. The monoisotopic (exact) mass is 308 g/mol. The summed E-state index contributed by atoms with van der Waals surface area (Å²) in [7, 11) is 0. The van der Waals surface area contributed by atoms with Gasteiger partial charge in [-0.05, 0) is 36.8 Å². The van der Waals surface area contributed by atoms with Gasteiger partial charge in [0, 0.05) is 23.7 Å². The molecule has 0 aliphatic carbocycles. The molecule has 1 N–H and O–H groups in total. The van der Waals surface area contributed by atoms with E-state index in [2.05, 4.69) is 25.4 Å². The first-order valence-corrected chi connectivity index (χ1v) is 7.14. The number of hydrogen-bond acceptors (Lipinski definition) is 5. The Morgan fingerprint density at radius 2 is 2.00 bits per heavy atom. The van der Waals surface area contributed by atoms with E-state index in [9.17, 15) is 4.39 Å². The molecule has 6 nitrogen and oxygen atoms in total. The van der Waals surface area contributed by atoms with Crippen LogP contribution in [0.4, 0.5) is 10.3 Å². The van der Waals surface area contributed by atoms with Crippen LogP contribution in [0.3, 0.4) is 0 Å². The number of halogens is 1. The zero-order valence-electron chi connectivity index (χ0n) is 12.3. The van der Waals surface area contributed by atoms with Crippen molar-refractivity contribution in [3.63, 3.8) is 0 Å². The minimum absolute atomic E-state index is 0.164. The Morgan fingerprint density at radius 1 is 1.17 bits per heavy atom. The maximum absolute atomic E-state index is 13.3. The summed E-state index contributed by atoms with van der Waals surface area (Å²) >= 11 is 0. The molecule has 4 rings (SSSR count). The van der Waals surface area contributed by atoms with Gasteiger partial charge in [0.1, 0.15) is 6.33 Å². The largest absolute Gasteiger partial charge is 0.344 e. The smallest absolute Gasteiger partial charge is 0.226 e. The standard InChI is InChI=1S/C16H13FN6/c1-10-12(2-3-15(17)21-10)13-8-14(11-4-6-18-7-5-11)23-16(22-13)19-9-20-23/h2-9,13H,1H3,(H,19,20,22). The minimum Gasteiger partial charge on any atom is -0.344 e. The van der Waals surface area contributed by atoms with Gasteiger partial charge in [-0.25, -0.2) is 4.98 Å². The first-order valence-electron chi connectivity index (χ1n) is 7.14. The van der Waals surface area contributed by atoms with E-state index in [1.807, 2.05) is 18.2 Å². The maximum Gasteiger partial charge on any atom is 0.226 e. The molecule has 0 radical (unpaired) electrons. The molecule has 1 unspecified atom stereocenters. The summed E-state index contributed by atoms with van der Waals surface area (Å²) in [4.78, 5) is 12.2. The molecule has 3 aromatic rings. The molecule has 114 valence electrons. The minimum atomic E-state index is -0.483. The van der Waals surface area contributed by atoms with Crippen molar-refractivity contribution < 1.29 is 4.39 Å². The molecule has 3 aromatic heterocycles. The van der Waals surface area contributed by atoms with Gasteiger partial charge in [0.15, 0.2) is 0 Å². The second kappa shape index (κ2) is 5.28. The van der Waals surface area contributed by atoms with E-state index < -0.39 is 5.95 Å². The van der Waals surface area contributed by atoms with Gasteiger partial charge in [-0.1, -0.05) is 6.07 Å². The van der Waals surface area contributed by atoms with Crippen molar-refractivity contribution in [2.24, 2.45) is 0 Å². The second-order valence-electron chi connectivity index (χ2n) is 5.21. The third kappa shape index (κ3) is 2.36. The normalized spacial score (nSPS) is 16.4. The van der Waals surface area contributed by atoms with E-state index in [4.69, 9.17) is 0 Å². The van der Waals surface area contributed by atoms with Crippen LogP contribution in [0, 0.1) is 12.9 Å². The highest BCUT2D eigenvalue weighted by molar-refractivity contribution is 5.71. The van der Waals surface area contributed by atoms with Gasteiger partial charge in [-0.3, -0.25) is 4.98 Å². The van der Waals surface area contributed by atoms with E-state index in [0.29, 0.717) is 11.6 Å². The highest BCUT2D eigenvalue weighted by Crippen LogP contribution is 2.32. The lowest BCUT2D eigenvalue weighted by atomic mass is 10.0. The predicted octanol–water partition coefficient (Wildman–Crippen LogP) is 2.57. The van der Waals surface area contributed by atoms with Crippen molar-refractivity contribution in [1.82, 2.24) is 24.7 Å². The molecule has 0 spiro atoms. The highest BCUT2D eigenvalue weighted by atomic mass is 19.1. The third-order valence-electron chi connectivity index (χ3n) is 3.79. The lowest BCUT2D eigenvalue weighted by Gasteiger charge is -2.25. The molecule has 0 fully saturated rings. The van der Waals surface area contributed by atoms with Gasteiger partial charge < -0.3 is 5.32 Å². The second-order valence-corrected chi connectivity index (χ2v) is 5.21. The first-order chi connectivity index (χ1) is 11.2. The molecular weight excluding hydrogens is 295 g/mol. The Hall–Kier alpha value is -3.09. The maximum atomic E-state index is 13.3. The zero-order valence-corrected chi connectivity index (χ0v) is 12.3. The van der Waals surface area contributed by atoms with Gasteiger partial charge in [-0.15, -0.1) is 0 Å². The van der Waals surface area contributed by atoms with Crippen LogP contribution < -0.4 is 5.32 Å². The summed E-state index contributed by atoms with van der Waals surface area (Å²) in [6.07, 6.45) is 6.98. The van der Waals surface area contributed by atoms with Crippen LogP contribution in [-0.4, -0.2) is 24.7 Å². The Labute approximate surface area is 131 Å². The fourth-order valence-corrected chi connectivity index (χ4v) is 2.70. The average molecular weight is 308 g/mol. The molecule has 0 bridgehead atoms. The third-order valence-corrected chi connectivity index (χ3v) is 3.79. The van der Waals surface area contributed by atoms with E-state index in [0.717, 1.165) is 16.8 Å². The van der Waals surface area contributed by atoms with Gasteiger partial charge in [0.05, 0.1) is 11.7 Å². The van der Waals surface area contributed by atoms with Crippen LogP contribution in [0.5, 0.6) is 0 Å². The van der Waals surface area contributed by atoms with Crippen molar-refractivity contribution in [3.05, 3.63) is 71.8 Å². The number of pyridine rings is 2. The van der Waals surface area contributed by atoms with Gasteiger partial charge in [0.25, 0.3) is 0 Å². The Bertz CT molecular complexity index is 887. The van der Waals surface area contributed by atoms with Crippen LogP contribution in [0.1, 0.15) is 22.9 Å². The predicted molar refractivity (Wildman–Crippen MR) is 82.9 cm³/mol. The van der Waals surface area contributed by atoms with Gasteiger partial charge in [0.2, 0.25) is 11.9 Å². The number of aromatic nitrogens is 5. The molecule has 1 atom stereocenters. The molecule has 23 heavy (non-hydrogen) atoms. The number of rotatable bonds is 2. The topological polar surface area (TPSA) is 68.5 Å². The summed E-state index contributed by atoms with van der Waals surface area (Å²) in [6.45, 7) is 1.79. The first kappa shape index (κ1) is 13.6. The quantitative estimate of drug-likeness (QED) is 0.737. The number of anilines is 1. The fraction of sp³-hybridized carbons (Fsp3) is 0.125. The van der Waals surface area contributed by atoms with Crippen LogP contribution in [0.2, 0.25) is 0 Å². The van der Waals surface area contributed by atoms with E-state index in [1.165, 1.54) is 12.4 Å². The Morgan fingerprint density at radius 3 is 2.78 bits per heavy atom. The molecule has 0 saturated heterocycles. The van der Waals surface area contributed by atoms with Crippen molar-refractivity contribution >= 4 is 11.6 Å². The summed E-state index contributed by atoms with van der Waals surface area (Å²) < 4.78 is 15.0. The van der Waals surface area contributed by atoms with Crippen molar-refractivity contribution in [2.75, 3.05) is 5.32 Å². The van der Waals surface area contributed by atoms with E-state index >= 15 is 0 Å². The van der Waals surface area contributed by atoms with Crippen LogP contribution in [0.25, 0.3) is 5.70 Å². The molecule has 0 aromatic carbocycles. The lowest BCUT2D eigenvalue weighted by Crippen LogP contribution is -2.21.